The van der Waals surface area contributed by atoms with Crippen LogP contribution >= 0.6 is 0 Å². The molecule has 0 aliphatic rings. The molecule has 20 heavy (non-hydrogen) atoms. The Balaban J connectivity index is 2.25. The van der Waals surface area contributed by atoms with Crippen LogP contribution in [0.25, 0.3) is 0 Å². The molecule has 110 valence electrons. The fraction of sp³-hybridized carbons (Fsp3) is 0.385. The van der Waals surface area contributed by atoms with E-state index in [1.165, 1.54) is 0 Å². The average molecular weight is 280 g/mol. The van der Waals surface area contributed by atoms with Gasteiger partial charge in [0.2, 0.25) is 5.91 Å². The zero-order chi connectivity index (χ0) is 14.8. The number of carbonyl (C=O) groups is 2. The lowest BCUT2D eigenvalue weighted by Crippen LogP contribution is -2.29. The summed E-state index contributed by atoms with van der Waals surface area (Å²) < 4.78 is 5.53. The van der Waals surface area contributed by atoms with Crippen molar-refractivity contribution in [2.24, 2.45) is 11.7 Å². The van der Waals surface area contributed by atoms with Crippen LogP contribution < -0.4 is 27.3 Å². The number of carbonyl (C=O) groups excluding carboxylic acids is 2. The molecule has 6 N–H and O–H groups in total. The van der Waals surface area contributed by atoms with Gasteiger partial charge in [0.25, 0.3) is 5.91 Å². The Kier molecular flexibility index (Phi) is 7.08. The molecule has 0 radical (unpaired) electrons. The molecule has 0 fully saturated rings. The molecule has 0 bridgehead atoms. The number of hydrazine groups is 2. The van der Waals surface area contributed by atoms with Crippen LogP contribution in [0.1, 0.15) is 36.0 Å². The summed E-state index contributed by atoms with van der Waals surface area (Å²) in [5.74, 6) is 10.1. The van der Waals surface area contributed by atoms with E-state index in [9.17, 15) is 9.59 Å². The van der Waals surface area contributed by atoms with Gasteiger partial charge in [-0.25, -0.2) is 11.7 Å². The molecule has 0 spiro atoms. The molecule has 0 saturated heterocycles. The van der Waals surface area contributed by atoms with E-state index in [0.29, 0.717) is 24.3 Å². The van der Waals surface area contributed by atoms with Crippen molar-refractivity contribution in [3.8, 4) is 5.75 Å². The summed E-state index contributed by atoms with van der Waals surface area (Å²) in [5, 5.41) is 0. The Bertz CT molecular complexity index is 451. The maximum atomic E-state index is 11.3. The van der Waals surface area contributed by atoms with Gasteiger partial charge >= 0.3 is 0 Å². The molecule has 2 amide bonds. The molecule has 1 aromatic carbocycles. The number of hydrogen-bond acceptors (Lipinski definition) is 5. The molecule has 0 heterocycles. The molecular formula is C13H20N4O3. The van der Waals surface area contributed by atoms with Crippen LogP contribution in [-0.4, -0.2) is 18.4 Å². The number of unbranched alkanes of at least 4 members (excludes halogenated alkanes) is 2. The lowest BCUT2D eigenvalue weighted by atomic mass is 10.2. The third-order valence-electron chi connectivity index (χ3n) is 2.71. The van der Waals surface area contributed by atoms with E-state index in [0.717, 1.165) is 19.3 Å². The molecule has 0 atom stereocenters. The van der Waals surface area contributed by atoms with Crippen molar-refractivity contribution < 1.29 is 14.3 Å². The predicted molar refractivity (Wildman–Crippen MR) is 74.4 cm³/mol. The Morgan fingerprint density at radius 3 is 2.60 bits per heavy atom. The van der Waals surface area contributed by atoms with Crippen molar-refractivity contribution in [1.82, 2.24) is 10.9 Å². The summed E-state index contributed by atoms with van der Waals surface area (Å²) in [4.78, 5) is 22.2. The second-order valence-electron chi connectivity index (χ2n) is 4.23. The lowest BCUT2D eigenvalue weighted by molar-refractivity contribution is -0.121. The van der Waals surface area contributed by atoms with Crippen LogP contribution in [0.5, 0.6) is 5.75 Å². The first-order valence-corrected chi connectivity index (χ1v) is 6.40. The quantitative estimate of drug-likeness (QED) is 0.235. The van der Waals surface area contributed by atoms with Gasteiger partial charge in [-0.2, -0.15) is 0 Å². The van der Waals surface area contributed by atoms with Crippen molar-refractivity contribution in [3.05, 3.63) is 29.8 Å². The van der Waals surface area contributed by atoms with Crippen LogP contribution in [0, 0.1) is 0 Å². The first-order valence-electron chi connectivity index (χ1n) is 6.40. The number of ether oxygens (including phenoxy) is 1. The molecule has 7 heteroatoms. The van der Waals surface area contributed by atoms with Crippen molar-refractivity contribution in [2.75, 3.05) is 6.61 Å². The number of amides is 2. The van der Waals surface area contributed by atoms with Crippen molar-refractivity contribution in [3.63, 3.8) is 0 Å². The Morgan fingerprint density at radius 1 is 1.10 bits per heavy atom. The van der Waals surface area contributed by atoms with Crippen LogP contribution in [0.4, 0.5) is 0 Å². The standard InChI is InChI=1S/C13H20N4O3/c14-16-12(18)7-2-1-3-8-20-11-6-4-5-10(9-11)13(19)17-15/h4-6,9H,1-3,7-8,14-15H2,(H,16,18)(H,17,19). The van der Waals surface area contributed by atoms with E-state index in [1.807, 2.05) is 0 Å². The van der Waals surface area contributed by atoms with Gasteiger partial charge < -0.3 is 4.74 Å². The molecule has 0 unspecified atom stereocenters. The molecule has 1 aromatic rings. The average Bonchev–Trinajstić information content (AvgIpc) is 2.49. The van der Waals surface area contributed by atoms with Gasteiger partial charge in [0.05, 0.1) is 6.61 Å². The summed E-state index contributed by atoms with van der Waals surface area (Å²) in [6.07, 6.45) is 2.88. The highest BCUT2D eigenvalue weighted by Gasteiger charge is 2.04. The van der Waals surface area contributed by atoms with E-state index < -0.39 is 0 Å². The number of nitrogens with two attached hydrogens (primary N) is 2. The number of hydrogen-bond donors (Lipinski definition) is 4. The molecule has 0 aliphatic carbocycles. The first kappa shape index (κ1) is 15.9. The minimum atomic E-state index is -0.358. The summed E-state index contributed by atoms with van der Waals surface area (Å²) in [7, 11) is 0. The van der Waals surface area contributed by atoms with Gasteiger partial charge in [0.15, 0.2) is 0 Å². The zero-order valence-electron chi connectivity index (χ0n) is 11.2. The Hall–Kier alpha value is -2.12. The monoisotopic (exact) mass is 280 g/mol. The summed E-state index contributed by atoms with van der Waals surface area (Å²) in [6.45, 7) is 0.526. The number of nitrogen functional groups attached to an aromatic ring is 1. The maximum absolute atomic E-state index is 11.3. The Labute approximate surface area is 117 Å². The fourth-order valence-electron chi connectivity index (χ4n) is 1.64. The van der Waals surface area contributed by atoms with Crippen LogP contribution in [0.3, 0.4) is 0 Å². The van der Waals surface area contributed by atoms with Crippen LogP contribution in [-0.2, 0) is 4.79 Å². The molecule has 0 aromatic heterocycles. The third-order valence-corrected chi connectivity index (χ3v) is 2.71. The summed E-state index contributed by atoms with van der Waals surface area (Å²) in [6, 6.07) is 6.78. The highest BCUT2D eigenvalue weighted by Crippen LogP contribution is 2.14. The molecular weight excluding hydrogens is 260 g/mol. The minimum Gasteiger partial charge on any atom is -0.494 e. The second-order valence-corrected chi connectivity index (χ2v) is 4.23. The zero-order valence-corrected chi connectivity index (χ0v) is 11.2. The SMILES string of the molecule is NNC(=O)CCCCCOc1cccc(C(=O)NN)c1. The van der Waals surface area contributed by atoms with E-state index in [2.05, 4.69) is 10.9 Å². The first-order chi connectivity index (χ1) is 9.67. The number of nitrogens with one attached hydrogen (secondary N) is 2. The van der Waals surface area contributed by atoms with Crippen molar-refractivity contribution in [2.45, 2.75) is 25.7 Å². The predicted octanol–water partition coefficient (Wildman–Crippen LogP) is 0.219. The minimum absolute atomic E-state index is 0.161. The van der Waals surface area contributed by atoms with Gasteiger partial charge in [-0.15, -0.1) is 0 Å². The maximum Gasteiger partial charge on any atom is 0.265 e. The summed E-state index contributed by atoms with van der Waals surface area (Å²) >= 11 is 0. The van der Waals surface area contributed by atoms with Crippen LogP contribution in [0.2, 0.25) is 0 Å². The smallest absolute Gasteiger partial charge is 0.265 e. The molecule has 1 rings (SSSR count). The molecule has 0 saturated carbocycles. The van der Waals surface area contributed by atoms with Gasteiger partial charge in [0, 0.05) is 12.0 Å². The van der Waals surface area contributed by atoms with Crippen molar-refractivity contribution in [1.29, 1.82) is 0 Å². The number of benzene rings is 1. The van der Waals surface area contributed by atoms with E-state index in [1.54, 1.807) is 24.3 Å². The van der Waals surface area contributed by atoms with E-state index >= 15 is 0 Å². The molecule has 7 nitrogen and oxygen atoms in total. The molecule has 0 aliphatic heterocycles. The van der Waals surface area contributed by atoms with E-state index in [-0.39, 0.29) is 11.8 Å². The second kappa shape index (κ2) is 8.89. The lowest BCUT2D eigenvalue weighted by Gasteiger charge is -2.07. The van der Waals surface area contributed by atoms with Gasteiger partial charge in [-0.3, -0.25) is 20.4 Å². The summed E-state index contributed by atoms with van der Waals surface area (Å²) in [5.41, 5.74) is 4.60. The van der Waals surface area contributed by atoms with Gasteiger partial charge in [-0.1, -0.05) is 6.07 Å². The highest BCUT2D eigenvalue weighted by atomic mass is 16.5. The van der Waals surface area contributed by atoms with Gasteiger partial charge in [0.1, 0.15) is 5.75 Å². The Morgan fingerprint density at radius 2 is 1.90 bits per heavy atom. The normalized spacial score (nSPS) is 9.90. The van der Waals surface area contributed by atoms with Crippen molar-refractivity contribution >= 4 is 11.8 Å². The third kappa shape index (κ3) is 5.68. The number of rotatable bonds is 8. The highest BCUT2D eigenvalue weighted by molar-refractivity contribution is 5.94. The van der Waals surface area contributed by atoms with Gasteiger partial charge in [-0.05, 0) is 37.5 Å². The fourth-order valence-corrected chi connectivity index (χ4v) is 1.64. The van der Waals surface area contributed by atoms with E-state index in [4.69, 9.17) is 16.4 Å². The largest absolute Gasteiger partial charge is 0.494 e. The topological polar surface area (TPSA) is 119 Å². The van der Waals surface area contributed by atoms with Crippen LogP contribution in [0.15, 0.2) is 24.3 Å².